The fraction of sp³-hybridized carbons (Fsp3) is 0.333. The van der Waals surface area contributed by atoms with Crippen molar-refractivity contribution in [1.82, 2.24) is 9.88 Å². The van der Waals surface area contributed by atoms with E-state index in [0.717, 1.165) is 25.4 Å². The molecular weight excluding hydrogens is 224 g/mol. The number of ether oxygens (including phenoxy) is 1. The van der Waals surface area contributed by atoms with Gasteiger partial charge in [-0.1, -0.05) is 25.1 Å². The van der Waals surface area contributed by atoms with Crippen LogP contribution in [-0.2, 0) is 13.1 Å². The third kappa shape index (κ3) is 3.14. The van der Waals surface area contributed by atoms with E-state index in [1.807, 2.05) is 18.2 Å². The Morgan fingerprint density at radius 2 is 2.06 bits per heavy atom. The SMILES string of the molecule is CCNCc1ccn(Cc2ccccc2OC)c1. The molecule has 0 amide bonds. The number of nitrogens with zero attached hydrogens (tertiary/aromatic N) is 1. The molecule has 0 saturated carbocycles. The molecule has 96 valence electrons. The second kappa shape index (κ2) is 6.26. The third-order valence-corrected chi connectivity index (χ3v) is 2.94. The summed E-state index contributed by atoms with van der Waals surface area (Å²) in [5, 5.41) is 3.33. The molecule has 3 nitrogen and oxygen atoms in total. The summed E-state index contributed by atoms with van der Waals surface area (Å²) in [5.74, 6) is 0.944. The summed E-state index contributed by atoms with van der Waals surface area (Å²) in [6, 6.07) is 10.3. The smallest absolute Gasteiger partial charge is 0.123 e. The van der Waals surface area contributed by atoms with Crippen LogP contribution in [0.1, 0.15) is 18.1 Å². The fourth-order valence-electron chi connectivity index (χ4n) is 1.99. The first kappa shape index (κ1) is 12.7. The molecule has 0 aliphatic heterocycles. The summed E-state index contributed by atoms with van der Waals surface area (Å²) in [6.45, 7) is 4.88. The average Bonchev–Trinajstić information content (AvgIpc) is 2.84. The van der Waals surface area contributed by atoms with Gasteiger partial charge in [-0.15, -0.1) is 0 Å². The Morgan fingerprint density at radius 1 is 1.22 bits per heavy atom. The maximum atomic E-state index is 5.36. The number of benzene rings is 1. The number of aromatic nitrogens is 1. The lowest BCUT2D eigenvalue weighted by molar-refractivity contribution is 0.408. The van der Waals surface area contributed by atoms with Gasteiger partial charge < -0.3 is 14.6 Å². The van der Waals surface area contributed by atoms with Crippen molar-refractivity contribution in [2.45, 2.75) is 20.0 Å². The first-order chi connectivity index (χ1) is 8.83. The van der Waals surface area contributed by atoms with Gasteiger partial charge in [0.25, 0.3) is 0 Å². The van der Waals surface area contributed by atoms with Crippen LogP contribution in [0.5, 0.6) is 5.75 Å². The van der Waals surface area contributed by atoms with E-state index in [9.17, 15) is 0 Å². The molecule has 18 heavy (non-hydrogen) atoms. The van der Waals surface area contributed by atoms with E-state index in [0.29, 0.717) is 0 Å². The molecule has 2 aromatic rings. The molecule has 0 spiro atoms. The monoisotopic (exact) mass is 244 g/mol. The molecule has 1 N–H and O–H groups in total. The van der Waals surface area contributed by atoms with Gasteiger partial charge in [0, 0.05) is 24.5 Å². The van der Waals surface area contributed by atoms with Crippen molar-refractivity contribution in [3.63, 3.8) is 0 Å². The summed E-state index contributed by atoms with van der Waals surface area (Å²) in [4.78, 5) is 0. The Morgan fingerprint density at radius 3 is 2.83 bits per heavy atom. The highest BCUT2D eigenvalue weighted by Crippen LogP contribution is 2.18. The minimum Gasteiger partial charge on any atom is -0.496 e. The van der Waals surface area contributed by atoms with Crippen LogP contribution in [0.15, 0.2) is 42.7 Å². The molecule has 1 aromatic heterocycles. The van der Waals surface area contributed by atoms with Crippen LogP contribution in [0.3, 0.4) is 0 Å². The molecule has 0 radical (unpaired) electrons. The number of para-hydroxylation sites is 1. The van der Waals surface area contributed by atoms with Crippen LogP contribution < -0.4 is 10.1 Å². The van der Waals surface area contributed by atoms with Crippen LogP contribution in [0, 0.1) is 0 Å². The maximum Gasteiger partial charge on any atom is 0.123 e. The van der Waals surface area contributed by atoms with Gasteiger partial charge in [0.15, 0.2) is 0 Å². The molecule has 1 aromatic carbocycles. The molecule has 0 aliphatic rings. The Bertz CT molecular complexity index is 491. The van der Waals surface area contributed by atoms with Gasteiger partial charge in [0.1, 0.15) is 5.75 Å². The van der Waals surface area contributed by atoms with Crippen LogP contribution in [-0.4, -0.2) is 18.2 Å². The van der Waals surface area contributed by atoms with Crippen molar-refractivity contribution >= 4 is 0 Å². The first-order valence-corrected chi connectivity index (χ1v) is 6.30. The zero-order valence-electron chi connectivity index (χ0n) is 11.0. The number of hydrogen-bond donors (Lipinski definition) is 1. The zero-order valence-corrected chi connectivity index (χ0v) is 11.0. The quantitative estimate of drug-likeness (QED) is 0.845. The van der Waals surface area contributed by atoms with Crippen LogP contribution >= 0.6 is 0 Å². The molecule has 0 atom stereocenters. The van der Waals surface area contributed by atoms with Crippen molar-refractivity contribution in [3.8, 4) is 5.75 Å². The van der Waals surface area contributed by atoms with Gasteiger partial charge in [0.2, 0.25) is 0 Å². The topological polar surface area (TPSA) is 26.2 Å². The van der Waals surface area contributed by atoms with E-state index in [-0.39, 0.29) is 0 Å². The molecule has 1 heterocycles. The predicted octanol–water partition coefficient (Wildman–Crippen LogP) is 2.65. The fourth-order valence-corrected chi connectivity index (χ4v) is 1.99. The summed E-state index contributed by atoms with van der Waals surface area (Å²) in [7, 11) is 1.71. The molecule has 3 heteroatoms. The molecule has 0 unspecified atom stereocenters. The van der Waals surface area contributed by atoms with Gasteiger partial charge in [-0.25, -0.2) is 0 Å². The Kier molecular flexibility index (Phi) is 4.42. The highest BCUT2D eigenvalue weighted by atomic mass is 16.5. The number of methoxy groups -OCH3 is 1. The number of nitrogens with one attached hydrogen (secondary N) is 1. The van der Waals surface area contributed by atoms with E-state index in [2.05, 4.69) is 41.3 Å². The van der Waals surface area contributed by atoms with E-state index < -0.39 is 0 Å². The summed E-state index contributed by atoms with van der Waals surface area (Å²) in [6.07, 6.45) is 4.29. The van der Waals surface area contributed by atoms with Crippen molar-refractivity contribution in [2.24, 2.45) is 0 Å². The van der Waals surface area contributed by atoms with Crippen molar-refractivity contribution in [3.05, 3.63) is 53.9 Å². The van der Waals surface area contributed by atoms with Crippen molar-refractivity contribution in [1.29, 1.82) is 0 Å². The molecular formula is C15H20N2O. The first-order valence-electron chi connectivity index (χ1n) is 6.30. The minimum atomic E-state index is 0.843. The van der Waals surface area contributed by atoms with E-state index in [1.165, 1.54) is 11.1 Å². The van der Waals surface area contributed by atoms with Gasteiger partial charge in [-0.2, -0.15) is 0 Å². The van der Waals surface area contributed by atoms with Gasteiger partial charge >= 0.3 is 0 Å². The van der Waals surface area contributed by atoms with Gasteiger partial charge in [-0.05, 0) is 24.2 Å². The normalized spacial score (nSPS) is 10.6. The Balaban J connectivity index is 2.06. The molecule has 0 saturated heterocycles. The van der Waals surface area contributed by atoms with E-state index in [1.54, 1.807) is 7.11 Å². The second-order valence-corrected chi connectivity index (χ2v) is 4.28. The molecule has 2 rings (SSSR count). The molecule has 0 fully saturated rings. The highest BCUT2D eigenvalue weighted by molar-refractivity contribution is 5.33. The zero-order chi connectivity index (χ0) is 12.8. The maximum absolute atomic E-state index is 5.36. The van der Waals surface area contributed by atoms with Gasteiger partial charge in [-0.3, -0.25) is 0 Å². The number of hydrogen-bond acceptors (Lipinski definition) is 2. The Labute approximate surface area is 108 Å². The lowest BCUT2D eigenvalue weighted by atomic mass is 10.2. The largest absolute Gasteiger partial charge is 0.496 e. The summed E-state index contributed by atoms with van der Waals surface area (Å²) >= 11 is 0. The van der Waals surface area contributed by atoms with Crippen LogP contribution in [0.2, 0.25) is 0 Å². The Hall–Kier alpha value is -1.74. The van der Waals surface area contributed by atoms with Crippen LogP contribution in [0.4, 0.5) is 0 Å². The highest BCUT2D eigenvalue weighted by Gasteiger charge is 2.03. The lowest BCUT2D eigenvalue weighted by Crippen LogP contribution is -2.11. The van der Waals surface area contributed by atoms with E-state index in [4.69, 9.17) is 4.74 Å². The summed E-state index contributed by atoms with van der Waals surface area (Å²) < 4.78 is 7.55. The predicted molar refractivity (Wildman–Crippen MR) is 73.9 cm³/mol. The van der Waals surface area contributed by atoms with E-state index >= 15 is 0 Å². The second-order valence-electron chi connectivity index (χ2n) is 4.28. The standard InChI is InChI=1S/C15H20N2O/c1-3-16-10-13-8-9-17(11-13)12-14-6-4-5-7-15(14)18-2/h4-9,11,16H,3,10,12H2,1-2H3. The summed E-state index contributed by atoms with van der Waals surface area (Å²) in [5.41, 5.74) is 2.51. The molecule has 0 aliphatic carbocycles. The van der Waals surface area contributed by atoms with Crippen LogP contribution in [0.25, 0.3) is 0 Å². The van der Waals surface area contributed by atoms with Gasteiger partial charge in [0.05, 0.1) is 13.7 Å². The lowest BCUT2D eigenvalue weighted by Gasteiger charge is -2.08. The third-order valence-electron chi connectivity index (χ3n) is 2.94. The average molecular weight is 244 g/mol. The molecule has 0 bridgehead atoms. The minimum absolute atomic E-state index is 0.843. The van der Waals surface area contributed by atoms with Crippen molar-refractivity contribution < 1.29 is 4.74 Å². The van der Waals surface area contributed by atoms with Crippen molar-refractivity contribution in [2.75, 3.05) is 13.7 Å². The number of rotatable bonds is 6.